The standard InChI is InChI=1S/C9H13N3O3/c1-15-9-3-2-6(12(13)14)4-7(9)8(11)5-10/h2-4,8H,5,10-11H2,1H3/t8-/m0/s1. The molecule has 0 amide bonds. The summed E-state index contributed by atoms with van der Waals surface area (Å²) in [5, 5.41) is 10.6. The van der Waals surface area contributed by atoms with E-state index in [4.69, 9.17) is 16.2 Å². The Morgan fingerprint density at radius 1 is 1.60 bits per heavy atom. The number of ether oxygens (including phenoxy) is 1. The van der Waals surface area contributed by atoms with Crippen LogP contribution in [-0.2, 0) is 0 Å². The lowest BCUT2D eigenvalue weighted by molar-refractivity contribution is -0.385. The van der Waals surface area contributed by atoms with Crippen LogP contribution in [0.3, 0.4) is 0 Å². The first-order valence-corrected chi connectivity index (χ1v) is 4.38. The molecule has 0 aliphatic heterocycles. The van der Waals surface area contributed by atoms with E-state index in [0.717, 1.165) is 0 Å². The van der Waals surface area contributed by atoms with Gasteiger partial charge < -0.3 is 16.2 Å². The van der Waals surface area contributed by atoms with Gasteiger partial charge >= 0.3 is 0 Å². The highest BCUT2D eigenvalue weighted by Gasteiger charge is 2.15. The summed E-state index contributed by atoms with van der Waals surface area (Å²) in [5.41, 5.74) is 11.6. The molecule has 4 N–H and O–H groups in total. The van der Waals surface area contributed by atoms with Gasteiger partial charge in [0, 0.05) is 30.3 Å². The molecule has 6 nitrogen and oxygen atoms in total. The molecule has 0 bridgehead atoms. The van der Waals surface area contributed by atoms with E-state index in [1.54, 1.807) is 0 Å². The quantitative estimate of drug-likeness (QED) is 0.559. The lowest BCUT2D eigenvalue weighted by Gasteiger charge is -2.13. The van der Waals surface area contributed by atoms with Crippen molar-refractivity contribution in [2.75, 3.05) is 13.7 Å². The second-order valence-electron chi connectivity index (χ2n) is 3.03. The van der Waals surface area contributed by atoms with Crippen LogP contribution in [0.4, 0.5) is 5.69 Å². The number of benzene rings is 1. The number of nitrogens with two attached hydrogens (primary N) is 2. The van der Waals surface area contributed by atoms with Gasteiger partial charge in [-0.2, -0.15) is 0 Å². The van der Waals surface area contributed by atoms with E-state index in [0.29, 0.717) is 11.3 Å². The van der Waals surface area contributed by atoms with Crippen LogP contribution in [0.1, 0.15) is 11.6 Å². The highest BCUT2D eigenvalue weighted by atomic mass is 16.6. The lowest BCUT2D eigenvalue weighted by atomic mass is 10.1. The van der Waals surface area contributed by atoms with E-state index in [9.17, 15) is 10.1 Å². The first-order chi connectivity index (χ1) is 7.10. The van der Waals surface area contributed by atoms with Crippen molar-refractivity contribution in [1.82, 2.24) is 0 Å². The van der Waals surface area contributed by atoms with Gasteiger partial charge in [-0.05, 0) is 6.07 Å². The fourth-order valence-electron chi connectivity index (χ4n) is 1.25. The zero-order chi connectivity index (χ0) is 11.4. The molecule has 15 heavy (non-hydrogen) atoms. The Balaban J connectivity index is 3.18. The minimum absolute atomic E-state index is 0.0188. The molecule has 6 heteroatoms. The molecule has 1 aromatic rings. The number of non-ortho nitro benzene ring substituents is 1. The Hall–Kier alpha value is -1.66. The van der Waals surface area contributed by atoms with Gasteiger partial charge in [-0.1, -0.05) is 0 Å². The Morgan fingerprint density at radius 2 is 2.27 bits per heavy atom. The highest BCUT2D eigenvalue weighted by molar-refractivity contribution is 5.45. The van der Waals surface area contributed by atoms with Crippen molar-refractivity contribution in [3.8, 4) is 5.75 Å². The van der Waals surface area contributed by atoms with Crippen molar-refractivity contribution >= 4 is 5.69 Å². The summed E-state index contributed by atoms with van der Waals surface area (Å²) >= 11 is 0. The van der Waals surface area contributed by atoms with Gasteiger partial charge in [0.15, 0.2) is 0 Å². The van der Waals surface area contributed by atoms with E-state index < -0.39 is 11.0 Å². The second kappa shape index (κ2) is 4.72. The molecule has 0 unspecified atom stereocenters. The molecule has 1 aromatic carbocycles. The van der Waals surface area contributed by atoms with Gasteiger partial charge in [0.25, 0.3) is 5.69 Å². The van der Waals surface area contributed by atoms with Crippen LogP contribution in [0.15, 0.2) is 18.2 Å². The molecule has 0 spiro atoms. The third-order valence-corrected chi connectivity index (χ3v) is 2.08. The molecule has 1 rings (SSSR count). The maximum atomic E-state index is 10.6. The molecular formula is C9H13N3O3. The number of nitro groups is 1. The molecule has 0 saturated heterocycles. The normalized spacial score (nSPS) is 12.2. The molecule has 0 heterocycles. The second-order valence-corrected chi connectivity index (χ2v) is 3.03. The van der Waals surface area contributed by atoms with E-state index >= 15 is 0 Å². The van der Waals surface area contributed by atoms with Gasteiger partial charge in [-0.3, -0.25) is 10.1 Å². The average Bonchev–Trinajstić information content (AvgIpc) is 2.27. The minimum Gasteiger partial charge on any atom is -0.496 e. The summed E-state index contributed by atoms with van der Waals surface area (Å²) in [7, 11) is 1.48. The fraction of sp³-hybridized carbons (Fsp3) is 0.333. The average molecular weight is 211 g/mol. The van der Waals surface area contributed by atoms with Crippen molar-refractivity contribution in [1.29, 1.82) is 0 Å². The van der Waals surface area contributed by atoms with Crippen LogP contribution in [0, 0.1) is 10.1 Å². The van der Waals surface area contributed by atoms with Gasteiger partial charge in [0.1, 0.15) is 5.75 Å². The predicted octanol–water partition coefficient (Wildman–Crippen LogP) is 0.562. The van der Waals surface area contributed by atoms with Crippen LogP contribution in [0.5, 0.6) is 5.75 Å². The third kappa shape index (κ3) is 2.42. The molecule has 82 valence electrons. The number of hydrogen-bond acceptors (Lipinski definition) is 5. The van der Waals surface area contributed by atoms with Crippen molar-refractivity contribution < 1.29 is 9.66 Å². The molecule has 0 saturated carbocycles. The van der Waals surface area contributed by atoms with Crippen LogP contribution in [-0.4, -0.2) is 18.6 Å². The number of nitro benzene ring substituents is 1. The van der Waals surface area contributed by atoms with Gasteiger partial charge in [0.05, 0.1) is 12.0 Å². The largest absolute Gasteiger partial charge is 0.496 e. The lowest BCUT2D eigenvalue weighted by Crippen LogP contribution is -2.21. The first kappa shape index (κ1) is 11.4. The monoisotopic (exact) mass is 211 g/mol. The molecule has 0 aliphatic rings. The SMILES string of the molecule is COc1ccc([N+](=O)[O-])cc1[C@@H](N)CN. The van der Waals surface area contributed by atoms with Crippen molar-refractivity contribution in [3.05, 3.63) is 33.9 Å². The maximum absolute atomic E-state index is 10.6. The molecule has 0 aromatic heterocycles. The molecule has 0 radical (unpaired) electrons. The fourth-order valence-corrected chi connectivity index (χ4v) is 1.25. The predicted molar refractivity (Wildman–Crippen MR) is 55.6 cm³/mol. The third-order valence-electron chi connectivity index (χ3n) is 2.08. The zero-order valence-electron chi connectivity index (χ0n) is 8.34. The van der Waals surface area contributed by atoms with E-state index in [-0.39, 0.29) is 12.2 Å². The van der Waals surface area contributed by atoms with Crippen LogP contribution in [0.25, 0.3) is 0 Å². The summed E-state index contributed by atoms with van der Waals surface area (Å²) in [6, 6.07) is 3.81. The van der Waals surface area contributed by atoms with Crippen LogP contribution >= 0.6 is 0 Å². The van der Waals surface area contributed by atoms with Gasteiger partial charge in [-0.25, -0.2) is 0 Å². The van der Waals surface area contributed by atoms with Crippen LogP contribution in [0.2, 0.25) is 0 Å². The molecule has 1 atom stereocenters. The number of rotatable bonds is 4. The summed E-state index contributed by atoms with van der Waals surface area (Å²) < 4.78 is 5.04. The first-order valence-electron chi connectivity index (χ1n) is 4.38. The molecule has 0 fully saturated rings. The summed E-state index contributed by atoms with van der Waals surface area (Å²) in [6.07, 6.45) is 0. The Labute approximate surface area is 87.0 Å². The number of nitrogens with zero attached hydrogens (tertiary/aromatic N) is 1. The summed E-state index contributed by atoms with van der Waals surface area (Å²) in [5.74, 6) is 0.513. The smallest absolute Gasteiger partial charge is 0.270 e. The van der Waals surface area contributed by atoms with E-state index in [1.807, 2.05) is 0 Å². The number of methoxy groups -OCH3 is 1. The van der Waals surface area contributed by atoms with Crippen molar-refractivity contribution in [2.24, 2.45) is 11.5 Å². The maximum Gasteiger partial charge on any atom is 0.270 e. The minimum atomic E-state index is -0.480. The Morgan fingerprint density at radius 3 is 2.73 bits per heavy atom. The summed E-state index contributed by atoms with van der Waals surface area (Å²) in [6.45, 7) is 0.206. The van der Waals surface area contributed by atoms with Gasteiger partial charge in [0.2, 0.25) is 0 Å². The topological polar surface area (TPSA) is 104 Å². The van der Waals surface area contributed by atoms with Gasteiger partial charge in [-0.15, -0.1) is 0 Å². The van der Waals surface area contributed by atoms with E-state index in [2.05, 4.69) is 0 Å². The number of hydrogen-bond donors (Lipinski definition) is 2. The zero-order valence-corrected chi connectivity index (χ0v) is 8.34. The Kier molecular flexibility index (Phi) is 3.59. The molecule has 0 aliphatic carbocycles. The molecular weight excluding hydrogens is 198 g/mol. The van der Waals surface area contributed by atoms with Crippen molar-refractivity contribution in [3.63, 3.8) is 0 Å². The summed E-state index contributed by atoms with van der Waals surface area (Å²) in [4.78, 5) is 10.1. The Bertz CT molecular complexity index is 368. The van der Waals surface area contributed by atoms with Crippen molar-refractivity contribution in [2.45, 2.75) is 6.04 Å². The van der Waals surface area contributed by atoms with Crippen LogP contribution < -0.4 is 16.2 Å². The van der Waals surface area contributed by atoms with E-state index in [1.165, 1.54) is 25.3 Å². The highest BCUT2D eigenvalue weighted by Crippen LogP contribution is 2.27.